The molecule has 1 aromatic heterocycles. The van der Waals surface area contributed by atoms with E-state index < -0.39 is 12.0 Å². The van der Waals surface area contributed by atoms with Crippen molar-refractivity contribution in [3.05, 3.63) is 17.7 Å². The highest BCUT2D eigenvalue weighted by atomic mass is 16.4. The van der Waals surface area contributed by atoms with Crippen LogP contribution in [0.5, 0.6) is 0 Å². The third-order valence-electron chi connectivity index (χ3n) is 3.83. The molecule has 0 aromatic carbocycles. The number of carbonyl (C=O) groups excluding carboxylic acids is 1. The third kappa shape index (κ3) is 2.05. The Labute approximate surface area is 110 Å². The van der Waals surface area contributed by atoms with Crippen LogP contribution in [0.15, 0.2) is 6.33 Å². The summed E-state index contributed by atoms with van der Waals surface area (Å²) in [6.07, 6.45) is 3.81. The summed E-state index contributed by atoms with van der Waals surface area (Å²) < 4.78 is 0. The largest absolute Gasteiger partial charge is 0.480 e. The Morgan fingerprint density at radius 2 is 2.26 bits per heavy atom. The molecule has 1 saturated carbocycles. The van der Waals surface area contributed by atoms with Gasteiger partial charge in [0.25, 0.3) is 0 Å². The zero-order valence-corrected chi connectivity index (χ0v) is 10.7. The van der Waals surface area contributed by atoms with Gasteiger partial charge in [-0.2, -0.15) is 0 Å². The fraction of sp³-hybridized carbons (Fsp3) is 0.583. The molecular weight excluding hydrogens is 248 g/mol. The lowest BCUT2D eigenvalue weighted by atomic mass is 10.0. The molecule has 1 aliphatic heterocycles. The molecule has 102 valence electrons. The van der Waals surface area contributed by atoms with Crippen molar-refractivity contribution in [2.24, 2.45) is 0 Å². The van der Waals surface area contributed by atoms with Gasteiger partial charge in [0.05, 0.1) is 24.3 Å². The fourth-order valence-corrected chi connectivity index (χ4v) is 2.48. The highest BCUT2D eigenvalue weighted by molar-refractivity contribution is 5.83. The summed E-state index contributed by atoms with van der Waals surface area (Å²) in [4.78, 5) is 33.9. The number of aromatic nitrogens is 2. The molecule has 1 unspecified atom stereocenters. The van der Waals surface area contributed by atoms with Crippen LogP contribution in [-0.4, -0.2) is 56.0 Å². The normalized spacial score (nSPS) is 21.9. The number of rotatable bonds is 2. The van der Waals surface area contributed by atoms with Crippen molar-refractivity contribution in [1.82, 2.24) is 19.8 Å². The molecule has 19 heavy (non-hydrogen) atoms. The van der Waals surface area contributed by atoms with Crippen LogP contribution in [0.4, 0.5) is 4.79 Å². The monoisotopic (exact) mass is 264 g/mol. The average Bonchev–Trinajstić information content (AvgIpc) is 3.14. The summed E-state index contributed by atoms with van der Waals surface area (Å²) in [5.41, 5.74) is 1.57. The second-order valence-electron chi connectivity index (χ2n) is 5.14. The van der Waals surface area contributed by atoms with E-state index in [2.05, 4.69) is 9.97 Å². The smallest absolute Gasteiger partial charge is 0.326 e. The van der Waals surface area contributed by atoms with E-state index >= 15 is 0 Å². The molecule has 2 heterocycles. The van der Waals surface area contributed by atoms with Crippen molar-refractivity contribution >= 4 is 12.0 Å². The number of aliphatic carboxylic acids is 1. The number of nitrogens with zero attached hydrogens (tertiary/aromatic N) is 3. The van der Waals surface area contributed by atoms with E-state index in [-0.39, 0.29) is 25.0 Å². The number of urea groups is 1. The molecule has 3 rings (SSSR count). The van der Waals surface area contributed by atoms with E-state index in [0.717, 1.165) is 24.2 Å². The van der Waals surface area contributed by atoms with Crippen LogP contribution in [0.25, 0.3) is 0 Å². The minimum absolute atomic E-state index is 0.213. The van der Waals surface area contributed by atoms with Crippen LogP contribution >= 0.6 is 0 Å². The highest BCUT2D eigenvalue weighted by Gasteiger charge is 2.40. The highest BCUT2D eigenvalue weighted by Crippen LogP contribution is 2.28. The maximum absolute atomic E-state index is 12.4. The predicted molar refractivity (Wildman–Crippen MR) is 65.4 cm³/mol. The number of carboxylic acids is 1. The van der Waals surface area contributed by atoms with Crippen LogP contribution < -0.4 is 0 Å². The Balaban J connectivity index is 1.85. The van der Waals surface area contributed by atoms with Gasteiger partial charge in [0.1, 0.15) is 6.04 Å². The van der Waals surface area contributed by atoms with Crippen molar-refractivity contribution in [2.45, 2.75) is 37.9 Å². The Hall–Kier alpha value is -2.05. The minimum atomic E-state index is -0.980. The van der Waals surface area contributed by atoms with Crippen LogP contribution in [0.1, 0.15) is 24.2 Å². The molecule has 0 spiro atoms. The van der Waals surface area contributed by atoms with Crippen molar-refractivity contribution < 1.29 is 14.7 Å². The Morgan fingerprint density at radius 3 is 2.89 bits per heavy atom. The van der Waals surface area contributed by atoms with Gasteiger partial charge in [-0.15, -0.1) is 0 Å². The number of amides is 2. The molecule has 1 aromatic rings. The first-order valence-corrected chi connectivity index (χ1v) is 6.35. The number of hydrogen-bond acceptors (Lipinski definition) is 3. The summed E-state index contributed by atoms with van der Waals surface area (Å²) >= 11 is 0. The van der Waals surface area contributed by atoms with Crippen LogP contribution in [-0.2, 0) is 17.8 Å². The van der Waals surface area contributed by atoms with Crippen molar-refractivity contribution in [3.63, 3.8) is 0 Å². The molecule has 2 aliphatic rings. The van der Waals surface area contributed by atoms with Crippen molar-refractivity contribution in [1.29, 1.82) is 0 Å². The maximum Gasteiger partial charge on any atom is 0.326 e. The summed E-state index contributed by atoms with van der Waals surface area (Å²) in [7, 11) is 1.74. The van der Waals surface area contributed by atoms with Gasteiger partial charge in [-0.25, -0.2) is 14.6 Å². The number of nitrogens with one attached hydrogen (secondary N) is 1. The first-order valence-electron chi connectivity index (χ1n) is 6.35. The van der Waals surface area contributed by atoms with Gasteiger partial charge in [-0.3, -0.25) is 0 Å². The van der Waals surface area contributed by atoms with Crippen LogP contribution in [0.3, 0.4) is 0 Å². The molecule has 2 N–H and O–H groups in total. The van der Waals surface area contributed by atoms with E-state index in [4.69, 9.17) is 0 Å². The average molecular weight is 264 g/mol. The lowest BCUT2D eigenvalue weighted by molar-refractivity contribution is -0.142. The quantitative estimate of drug-likeness (QED) is 0.810. The summed E-state index contributed by atoms with van der Waals surface area (Å²) in [6, 6.07) is -0.773. The molecule has 1 atom stereocenters. The molecule has 1 fully saturated rings. The van der Waals surface area contributed by atoms with Crippen molar-refractivity contribution in [3.8, 4) is 0 Å². The number of H-pyrrole nitrogens is 1. The number of hydrogen-bond donors (Lipinski definition) is 2. The molecule has 7 nitrogen and oxygen atoms in total. The van der Waals surface area contributed by atoms with Gasteiger partial charge in [-0.05, 0) is 12.8 Å². The standard InChI is InChI=1S/C12H16N4O3/c1-15(7-2-3-7)12(19)16-5-9-8(13-6-14-9)4-10(16)11(17)18/h6-7,10H,2-5H2,1H3,(H,13,14)(H,17,18). The second-order valence-corrected chi connectivity index (χ2v) is 5.14. The number of imidazole rings is 1. The topological polar surface area (TPSA) is 89.5 Å². The van der Waals surface area contributed by atoms with E-state index in [1.807, 2.05) is 0 Å². The molecule has 0 radical (unpaired) electrons. The Morgan fingerprint density at radius 1 is 1.53 bits per heavy atom. The number of carboxylic acid groups (broad SMARTS) is 1. The second kappa shape index (κ2) is 4.25. The third-order valence-corrected chi connectivity index (χ3v) is 3.83. The van der Waals surface area contributed by atoms with Gasteiger partial charge >= 0.3 is 12.0 Å². The van der Waals surface area contributed by atoms with Gasteiger partial charge in [0, 0.05) is 19.5 Å². The SMILES string of the molecule is CN(C(=O)N1Cc2[nH]cnc2CC1C(=O)O)C1CC1. The Kier molecular flexibility index (Phi) is 2.69. The molecule has 2 amide bonds. The predicted octanol–water partition coefficient (Wildman–Crippen LogP) is 0.435. The summed E-state index contributed by atoms with van der Waals surface area (Å²) in [5, 5.41) is 9.31. The lowest BCUT2D eigenvalue weighted by Crippen LogP contribution is -2.53. The van der Waals surface area contributed by atoms with Gasteiger partial charge in [0.15, 0.2) is 0 Å². The molecule has 1 aliphatic carbocycles. The zero-order valence-electron chi connectivity index (χ0n) is 10.7. The zero-order chi connectivity index (χ0) is 13.6. The first kappa shape index (κ1) is 12.0. The van der Waals surface area contributed by atoms with Gasteiger partial charge in [-0.1, -0.05) is 0 Å². The fourth-order valence-electron chi connectivity index (χ4n) is 2.48. The van der Waals surface area contributed by atoms with Gasteiger partial charge < -0.3 is 19.9 Å². The first-order chi connectivity index (χ1) is 9.08. The summed E-state index contributed by atoms with van der Waals surface area (Å²) in [5.74, 6) is -0.980. The summed E-state index contributed by atoms with van der Waals surface area (Å²) in [6.45, 7) is 0.280. The molecule has 7 heteroatoms. The van der Waals surface area contributed by atoms with Crippen molar-refractivity contribution in [2.75, 3.05) is 7.05 Å². The number of fused-ring (bicyclic) bond motifs is 1. The van der Waals surface area contributed by atoms with Crippen LogP contribution in [0.2, 0.25) is 0 Å². The Bertz CT molecular complexity index is 523. The van der Waals surface area contributed by atoms with E-state index in [9.17, 15) is 14.7 Å². The number of aromatic amines is 1. The van der Waals surface area contributed by atoms with E-state index in [1.54, 1.807) is 18.3 Å². The number of carbonyl (C=O) groups is 2. The lowest BCUT2D eigenvalue weighted by Gasteiger charge is -2.35. The molecule has 0 saturated heterocycles. The van der Waals surface area contributed by atoms with E-state index in [0.29, 0.717) is 0 Å². The minimum Gasteiger partial charge on any atom is -0.480 e. The molecular formula is C12H16N4O3. The van der Waals surface area contributed by atoms with Crippen LogP contribution in [0, 0.1) is 0 Å². The van der Waals surface area contributed by atoms with Gasteiger partial charge in [0.2, 0.25) is 0 Å². The van der Waals surface area contributed by atoms with E-state index in [1.165, 1.54) is 4.90 Å². The molecule has 0 bridgehead atoms. The maximum atomic E-state index is 12.4.